The zero-order valence-electron chi connectivity index (χ0n) is 15.5. The number of morpholine rings is 1. The molecule has 1 aromatic rings. The number of rotatable bonds is 4. The number of piperidine rings is 1. The van der Waals surface area contributed by atoms with Gasteiger partial charge in [-0.05, 0) is 74.0 Å². The predicted octanol–water partition coefficient (Wildman–Crippen LogP) is 4.03. The van der Waals surface area contributed by atoms with Crippen LogP contribution in [-0.2, 0) is 4.74 Å². The van der Waals surface area contributed by atoms with Crippen LogP contribution in [0.2, 0.25) is 0 Å². The SMILES string of the molecule is CC(=O)c1cccc(Br)c1N1CCC(CC2(C)CNCC(C)O2)CC1. The molecular weight excluding hydrogens is 380 g/mol. The van der Waals surface area contributed by atoms with Gasteiger partial charge in [-0.25, -0.2) is 0 Å². The lowest BCUT2D eigenvalue weighted by atomic mass is 9.84. The van der Waals surface area contributed by atoms with E-state index < -0.39 is 0 Å². The number of carbonyl (C=O) groups excluding carboxylic acids is 1. The molecule has 0 aromatic heterocycles. The van der Waals surface area contributed by atoms with Crippen LogP contribution in [0.15, 0.2) is 22.7 Å². The highest BCUT2D eigenvalue weighted by atomic mass is 79.9. The Morgan fingerprint density at radius 3 is 2.76 bits per heavy atom. The molecule has 25 heavy (non-hydrogen) atoms. The predicted molar refractivity (Wildman–Crippen MR) is 106 cm³/mol. The molecular formula is C20H29BrN2O2. The molecule has 0 aliphatic carbocycles. The van der Waals surface area contributed by atoms with Crippen molar-refractivity contribution in [2.75, 3.05) is 31.1 Å². The minimum absolute atomic E-state index is 0.0532. The number of halogens is 1. The topological polar surface area (TPSA) is 41.6 Å². The van der Waals surface area contributed by atoms with Crippen LogP contribution < -0.4 is 10.2 Å². The van der Waals surface area contributed by atoms with Crippen molar-refractivity contribution >= 4 is 27.4 Å². The van der Waals surface area contributed by atoms with E-state index in [1.807, 2.05) is 18.2 Å². The number of hydrogen-bond acceptors (Lipinski definition) is 4. The van der Waals surface area contributed by atoms with Gasteiger partial charge < -0.3 is 15.0 Å². The van der Waals surface area contributed by atoms with Gasteiger partial charge in [0, 0.05) is 36.2 Å². The van der Waals surface area contributed by atoms with Gasteiger partial charge in [-0.2, -0.15) is 0 Å². The van der Waals surface area contributed by atoms with Gasteiger partial charge in [0.25, 0.3) is 0 Å². The van der Waals surface area contributed by atoms with E-state index in [1.54, 1.807) is 6.92 Å². The van der Waals surface area contributed by atoms with Crippen molar-refractivity contribution in [1.29, 1.82) is 0 Å². The second kappa shape index (κ2) is 7.77. The Morgan fingerprint density at radius 2 is 2.12 bits per heavy atom. The fraction of sp³-hybridized carbons (Fsp3) is 0.650. The number of ketones is 1. The summed E-state index contributed by atoms with van der Waals surface area (Å²) in [5, 5.41) is 3.50. The van der Waals surface area contributed by atoms with Crippen molar-refractivity contribution < 1.29 is 9.53 Å². The Kier molecular flexibility index (Phi) is 5.86. The van der Waals surface area contributed by atoms with E-state index >= 15 is 0 Å². The average Bonchev–Trinajstić information content (AvgIpc) is 2.55. The number of carbonyl (C=O) groups is 1. The first kappa shape index (κ1) is 18.9. The van der Waals surface area contributed by atoms with E-state index in [1.165, 1.54) is 0 Å². The molecule has 2 saturated heterocycles. The summed E-state index contributed by atoms with van der Waals surface area (Å²) in [5.41, 5.74) is 1.82. The van der Waals surface area contributed by atoms with Crippen LogP contribution in [0.3, 0.4) is 0 Å². The van der Waals surface area contributed by atoms with Crippen LogP contribution in [0.4, 0.5) is 5.69 Å². The smallest absolute Gasteiger partial charge is 0.161 e. The van der Waals surface area contributed by atoms with E-state index in [4.69, 9.17) is 4.74 Å². The molecule has 2 aliphatic heterocycles. The van der Waals surface area contributed by atoms with Gasteiger partial charge in [0.05, 0.1) is 17.4 Å². The number of benzene rings is 1. The zero-order valence-corrected chi connectivity index (χ0v) is 17.1. The van der Waals surface area contributed by atoms with E-state index in [0.717, 1.165) is 61.2 Å². The highest BCUT2D eigenvalue weighted by molar-refractivity contribution is 9.10. The lowest BCUT2D eigenvalue weighted by Crippen LogP contribution is -2.52. The largest absolute Gasteiger partial charge is 0.370 e. The first-order chi connectivity index (χ1) is 11.9. The molecule has 2 unspecified atom stereocenters. The van der Waals surface area contributed by atoms with Crippen LogP contribution >= 0.6 is 15.9 Å². The van der Waals surface area contributed by atoms with E-state index in [9.17, 15) is 4.79 Å². The fourth-order valence-corrected chi connectivity index (χ4v) is 4.94. The van der Waals surface area contributed by atoms with Crippen molar-refractivity contribution in [1.82, 2.24) is 5.32 Å². The zero-order chi connectivity index (χ0) is 18.0. The normalized spacial score (nSPS) is 28.2. The quantitative estimate of drug-likeness (QED) is 0.763. The Morgan fingerprint density at radius 1 is 1.40 bits per heavy atom. The summed E-state index contributed by atoms with van der Waals surface area (Å²) in [7, 11) is 0. The second-order valence-electron chi connectivity index (χ2n) is 7.84. The number of ether oxygens (including phenoxy) is 1. The second-order valence-corrected chi connectivity index (χ2v) is 8.69. The standard InChI is InChI=1S/C20H29BrN2O2/c1-14-12-22-13-20(3,25-14)11-16-7-9-23(10-8-16)19-17(15(2)24)5-4-6-18(19)21/h4-6,14,16,22H,7-13H2,1-3H3. The lowest BCUT2D eigenvalue weighted by Gasteiger charge is -2.42. The maximum Gasteiger partial charge on any atom is 0.161 e. The molecule has 2 heterocycles. The average molecular weight is 409 g/mol. The molecule has 4 nitrogen and oxygen atoms in total. The maximum atomic E-state index is 12.0. The summed E-state index contributed by atoms with van der Waals surface area (Å²) >= 11 is 3.64. The number of para-hydroxylation sites is 1. The first-order valence-corrected chi connectivity index (χ1v) is 10.1. The van der Waals surface area contributed by atoms with Crippen LogP contribution in [0.25, 0.3) is 0 Å². The van der Waals surface area contributed by atoms with Gasteiger partial charge in [-0.1, -0.05) is 6.07 Å². The van der Waals surface area contributed by atoms with Gasteiger partial charge in [0.15, 0.2) is 5.78 Å². The molecule has 5 heteroatoms. The Balaban J connectivity index is 1.64. The fourth-order valence-electron chi connectivity index (χ4n) is 4.32. The van der Waals surface area contributed by atoms with E-state index in [0.29, 0.717) is 5.92 Å². The molecule has 0 saturated carbocycles. The molecule has 3 rings (SSSR count). The number of Topliss-reactive ketones (excluding diaryl/α,β-unsaturated/α-hetero) is 1. The molecule has 2 aliphatic rings. The molecule has 1 aromatic carbocycles. The van der Waals surface area contributed by atoms with Gasteiger partial charge in [0.2, 0.25) is 0 Å². The molecule has 0 radical (unpaired) electrons. The van der Waals surface area contributed by atoms with Crippen molar-refractivity contribution in [2.45, 2.75) is 51.7 Å². The molecule has 1 N–H and O–H groups in total. The molecule has 138 valence electrons. The third kappa shape index (κ3) is 4.44. The van der Waals surface area contributed by atoms with Crippen molar-refractivity contribution in [3.8, 4) is 0 Å². The summed E-state index contributed by atoms with van der Waals surface area (Å²) in [6.07, 6.45) is 3.68. The molecule has 0 bridgehead atoms. The third-order valence-electron chi connectivity index (χ3n) is 5.43. The highest BCUT2D eigenvalue weighted by Crippen LogP contribution is 2.36. The number of nitrogens with zero attached hydrogens (tertiary/aromatic N) is 1. The Hall–Kier alpha value is -0.910. The van der Waals surface area contributed by atoms with Gasteiger partial charge in [-0.3, -0.25) is 4.79 Å². The molecule has 2 atom stereocenters. The third-order valence-corrected chi connectivity index (χ3v) is 6.07. The number of hydrogen-bond donors (Lipinski definition) is 1. The Labute approximate surface area is 159 Å². The number of anilines is 1. The minimum atomic E-state index is -0.0532. The van der Waals surface area contributed by atoms with Crippen molar-refractivity contribution in [3.63, 3.8) is 0 Å². The van der Waals surface area contributed by atoms with E-state index in [2.05, 4.69) is 40.0 Å². The summed E-state index contributed by atoms with van der Waals surface area (Å²) < 4.78 is 7.24. The monoisotopic (exact) mass is 408 g/mol. The van der Waals surface area contributed by atoms with Crippen molar-refractivity contribution in [3.05, 3.63) is 28.2 Å². The molecule has 0 spiro atoms. The van der Waals surface area contributed by atoms with Gasteiger partial charge >= 0.3 is 0 Å². The summed E-state index contributed by atoms with van der Waals surface area (Å²) in [4.78, 5) is 14.4. The summed E-state index contributed by atoms with van der Waals surface area (Å²) in [5.74, 6) is 0.804. The summed E-state index contributed by atoms with van der Waals surface area (Å²) in [6, 6.07) is 5.89. The maximum absolute atomic E-state index is 12.0. The first-order valence-electron chi connectivity index (χ1n) is 9.31. The minimum Gasteiger partial charge on any atom is -0.370 e. The Bertz CT molecular complexity index is 628. The van der Waals surface area contributed by atoms with Crippen LogP contribution in [-0.4, -0.2) is 43.7 Å². The highest BCUT2D eigenvalue weighted by Gasteiger charge is 2.35. The molecule has 2 fully saturated rings. The van der Waals surface area contributed by atoms with Crippen LogP contribution in [0, 0.1) is 5.92 Å². The van der Waals surface area contributed by atoms with Crippen LogP contribution in [0.1, 0.15) is 50.4 Å². The lowest BCUT2D eigenvalue weighted by molar-refractivity contribution is -0.110. The van der Waals surface area contributed by atoms with Crippen LogP contribution in [0.5, 0.6) is 0 Å². The van der Waals surface area contributed by atoms with Gasteiger partial charge in [0.1, 0.15) is 0 Å². The number of nitrogens with one attached hydrogen (secondary N) is 1. The molecule has 0 amide bonds. The summed E-state index contributed by atoms with van der Waals surface area (Å²) in [6.45, 7) is 9.90. The van der Waals surface area contributed by atoms with Crippen molar-refractivity contribution in [2.24, 2.45) is 5.92 Å². The van der Waals surface area contributed by atoms with E-state index in [-0.39, 0.29) is 17.5 Å². The van der Waals surface area contributed by atoms with Gasteiger partial charge in [-0.15, -0.1) is 0 Å².